The number of carbonyl (C=O) groups is 1. The molecule has 1 amide bonds. The summed E-state index contributed by atoms with van der Waals surface area (Å²) >= 11 is 0. The molecule has 152 valence electrons. The predicted octanol–water partition coefficient (Wildman–Crippen LogP) is 3.16. The first-order valence-electron chi connectivity index (χ1n) is 10.6. The molecule has 0 unspecified atom stereocenters. The Morgan fingerprint density at radius 2 is 1.69 bits per heavy atom. The summed E-state index contributed by atoms with van der Waals surface area (Å²) in [5, 5.41) is 0. The van der Waals surface area contributed by atoms with Crippen molar-refractivity contribution in [1.29, 1.82) is 0 Å². The Bertz CT molecular complexity index is 846. The SMILES string of the molecule is COc1ccc([C@@H]2CN(C(=O)COc3ccccc3)[C@@H]3C4CCN(CC4)[C@@H]32)cc1. The molecular formula is C24H28N2O3. The standard InChI is InChI=1S/C24H28N2O3/c1-28-19-9-7-17(8-10-19)21-15-26(22(27)16-29-20-5-3-2-4-6-20)23-18-11-13-25(14-12-18)24(21)23/h2-10,18,21,23-24H,11-16H2,1H3/t21-,23+,24+/m0/s1. The molecule has 0 aliphatic carbocycles. The van der Waals surface area contributed by atoms with Gasteiger partial charge >= 0.3 is 0 Å². The van der Waals surface area contributed by atoms with Crippen LogP contribution in [0.2, 0.25) is 0 Å². The zero-order chi connectivity index (χ0) is 19.8. The van der Waals surface area contributed by atoms with Crippen LogP contribution in [0.25, 0.3) is 0 Å². The first-order valence-corrected chi connectivity index (χ1v) is 10.6. The van der Waals surface area contributed by atoms with Crippen molar-refractivity contribution >= 4 is 5.91 Å². The van der Waals surface area contributed by atoms with Crippen LogP contribution in [0.3, 0.4) is 0 Å². The summed E-state index contributed by atoms with van der Waals surface area (Å²) in [4.78, 5) is 17.9. The number of likely N-dealkylation sites (tertiary alicyclic amines) is 1. The molecule has 5 heteroatoms. The Labute approximate surface area is 172 Å². The van der Waals surface area contributed by atoms with Crippen molar-refractivity contribution in [2.45, 2.75) is 30.8 Å². The third kappa shape index (κ3) is 3.38. The number of para-hydroxylation sites is 1. The monoisotopic (exact) mass is 392 g/mol. The van der Waals surface area contributed by atoms with Crippen LogP contribution in [0.4, 0.5) is 0 Å². The van der Waals surface area contributed by atoms with Crippen LogP contribution in [0.5, 0.6) is 11.5 Å². The van der Waals surface area contributed by atoms with Gasteiger partial charge in [0.15, 0.2) is 6.61 Å². The third-order valence-electron chi connectivity index (χ3n) is 6.96. The van der Waals surface area contributed by atoms with Gasteiger partial charge in [0.05, 0.1) is 13.2 Å². The summed E-state index contributed by atoms with van der Waals surface area (Å²) in [6.07, 6.45) is 2.39. The normalized spacial score (nSPS) is 30.1. The highest BCUT2D eigenvalue weighted by Crippen LogP contribution is 2.46. The number of amides is 1. The fourth-order valence-corrected chi connectivity index (χ4v) is 5.59. The van der Waals surface area contributed by atoms with Crippen LogP contribution in [0, 0.1) is 5.92 Å². The summed E-state index contributed by atoms with van der Waals surface area (Å²) in [6.45, 7) is 3.18. The second-order valence-corrected chi connectivity index (χ2v) is 8.38. The van der Waals surface area contributed by atoms with Crippen LogP contribution in [-0.2, 0) is 4.79 Å². The van der Waals surface area contributed by atoms with Crippen LogP contribution in [0.1, 0.15) is 24.3 Å². The van der Waals surface area contributed by atoms with Crippen molar-refractivity contribution < 1.29 is 14.3 Å². The zero-order valence-electron chi connectivity index (χ0n) is 16.9. The number of ether oxygens (including phenoxy) is 2. The third-order valence-corrected chi connectivity index (χ3v) is 6.96. The first kappa shape index (κ1) is 18.5. The number of nitrogens with zero attached hydrogens (tertiary/aromatic N) is 2. The van der Waals surface area contributed by atoms with Gasteiger partial charge in [0.25, 0.3) is 5.91 Å². The van der Waals surface area contributed by atoms with Crippen molar-refractivity contribution in [2.24, 2.45) is 5.92 Å². The van der Waals surface area contributed by atoms with E-state index in [0.29, 0.717) is 23.9 Å². The molecule has 2 aromatic carbocycles. The minimum atomic E-state index is 0.105. The maximum atomic E-state index is 13.2. The van der Waals surface area contributed by atoms with Crippen molar-refractivity contribution in [1.82, 2.24) is 9.80 Å². The van der Waals surface area contributed by atoms with E-state index in [0.717, 1.165) is 31.1 Å². The van der Waals surface area contributed by atoms with Gasteiger partial charge in [0, 0.05) is 18.5 Å². The van der Waals surface area contributed by atoms with E-state index < -0.39 is 0 Å². The molecule has 29 heavy (non-hydrogen) atoms. The van der Waals surface area contributed by atoms with Crippen LogP contribution in [-0.4, -0.2) is 61.1 Å². The number of methoxy groups -OCH3 is 1. The highest BCUT2D eigenvalue weighted by molar-refractivity contribution is 5.79. The molecule has 4 aliphatic heterocycles. The summed E-state index contributed by atoms with van der Waals surface area (Å²) in [5.74, 6) is 2.67. The Morgan fingerprint density at radius 3 is 2.38 bits per heavy atom. The van der Waals surface area contributed by atoms with Crippen molar-refractivity contribution in [3.05, 3.63) is 60.2 Å². The number of rotatable bonds is 5. The topological polar surface area (TPSA) is 42.0 Å². The molecule has 0 aromatic heterocycles. The highest BCUT2D eigenvalue weighted by atomic mass is 16.5. The molecule has 4 saturated heterocycles. The molecule has 4 heterocycles. The first-order chi connectivity index (χ1) is 14.2. The number of carbonyl (C=O) groups excluding carboxylic acids is 1. The lowest BCUT2D eigenvalue weighted by atomic mass is 9.75. The molecule has 2 bridgehead atoms. The molecule has 0 N–H and O–H groups in total. The van der Waals surface area contributed by atoms with E-state index in [1.165, 1.54) is 18.4 Å². The second-order valence-electron chi connectivity index (χ2n) is 8.38. The van der Waals surface area contributed by atoms with Gasteiger partial charge in [0.2, 0.25) is 0 Å². The lowest BCUT2D eigenvalue weighted by Gasteiger charge is -2.51. The Hall–Kier alpha value is -2.53. The van der Waals surface area contributed by atoms with Gasteiger partial charge in [-0.05, 0) is 61.7 Å². The van der Waals surface area contributed by atoms with E-state index in [9.17, 15) is 4.79 Å². The number of hydrogen-bond acceptors (Lipinski definition) is 4. The Balaban J connectivity index is 1.38. The summed E-state index contributed by atoms with van der Waals surface area (Å²) in [5.41, 5.74) is 1.30. The van der Waals surface area contributed by atoms with E-state index in [-0.39, 0.29) is 12.5 Å². The molecule has 4 fully saturated rings. The fourth-order valence-electron chi connectivity index (χ4n) is 5.59. The molecule has 5 nitrogen and oxygen atoms in total. The molecule has 0 radical (unpaired) electrons. The maximum Gasteiger partial charge on any atom is 0.260 e. The molecule has 0 saturated carbocycles. The van der Waals surface area contributed by atoms with Crippen LogP contribution >= 0.6 is 0 Å². The predicted molar refractivity (Wildman–Crippen MR) is 111 cm³/mol. The average molecular weight is 392 g/mol. The van der Waals surface area contributed by atoms with Gasteiger partial charge in [-0.3, -0.25) is 9.69 Å². The van der Waals surface area contributed by atoms with Crippen LogP contribution in [0.15, 0.2) is 54.6 Å². The average Bonchev–Trinajstić information content (AvgIpc) is 3.22. The van der Waals surface area contributed by atoms with Gasteiger partial charge in [0.1, 0.15) is 11.5 Å². The molecule has 3 atom stereocenters. The van der Waals surface area contributed by atoms with E-state index >= 15 is 0 Å². The van der Waals surface area contributed by atoms with E-state index in [2.05, 4.69) is 21.9 Å². The van der Waals surface area contributed by atoms with Crippen molar-refractivity contribution in [3.8, 4) is 11.5 Å². The Kier molecular flexibility index (Phi) is 4.92. The smallest absolute Gasteiger partial charge is 0.260 e. The minimum Gasteiger partial charge on any atom is -0.497 e. The minimum absolute atomic E-state index is 0.105. The summed E-state index contributed by atoms with van der Waals surface area (Å²) < 4.78 is 11.1. The lowest BCUT2D eigenvalue weighted by molar-refractivity contribution is -0.138. The second kappa shape index (κ2) is 7.71. The quantitative estimate of drug-likeness (QED) is 0.784. The van der Waals surface area contributed by atoms with Crippen molar-refractivity contribution in [2.75, 3.05) is 33.4 Å². The molecule has 4 aliphatic rings. The van der Waals surface area contributed by atoms with E-state index in [1.54, 1.807) is 7.11 Å². The maximum absolute atomic E-state index is 13.2. The number of benzene rings is 2. The molecule has 0 spiro atoms. The van der Waals surface area contributed by atoms with Gasteiger partial charge in [-0.2, -0.15) is 0 Å². The number of piperidine rings is 3. The van der Waals surface area contributed by atoms with Gasteiger partial charge in [-0.25, -0.2) is 0 Å². The largest absolute Gasteiger partial charge is 0.497 e. The van der Waals surface area contributed by atoms with E-state index in [1.807, 2.05) is 42.5 Å². The molecular weight excluding hydrogens is 364 g/mol. The van der Waals surface area contributed by atoms with Crippen molar-refractivity contribution in [3.63, 3.8) is 0 Å². The molecule has 6 rings (SSSR count). The summed E-state index contributed by atoms with van der Waals surface area (Å²) in [7, 11) is 1.69. The van der Waals surface area contributed by atoms with Gasteiger partial charge in [-0.1, -0.05) is 30.3 Å². The summed E-state index contributed by atoms with van der Waals surface area (Å²) in [6, 6.07) is 18.7. The fraction of sp³-hybridized carbons (Fsp3) is 0.458. The molecule has 2 aromatic rings. The Morgan fingerprint density at radius 1 is 0.966 bits per heavy atom. The number of fused-ring (bicyclic) bond motifs is 2. The van der Waals surface area contributed by atoms with E-state index in [4.69, 9.17) is 9.47 Å². The zero-order valence-corrected chi connectivity index (χ0v) is 16.9. The lowest BCUT2D eigenvalue weighted by Crippen LogP contribution is -2.61. The van der Waals surface area contributed by atoms with Gasteiger partial charge < -0.3 is 14.4 Å². The van der Waals surface area contributed by atoms with Gasteiger partial charge in [-0.15, -0.1) is 0 Å². The highest BCUT2D eigenvalue weighted by Gasteiger charge is 2.54. The number of hydrogen-bond donors (Lipinski definition) is 0. The van der Waals surface area contributed by atoms with Crippen LogP contribution < -0.4 is 9.47 Å².